The Hall–Kier alpha value is -4.04. The maximum absolute atomic E-state index is 13.7. The summed E-state index contributed by atoms with van der Waals surface area (Å²) in [5.74, 6) is 0.360. The summed E-state index contributed by atoms with van der Waals surface area (Å²) in [7, 11) is 0. The van der Waals surface area contributed by atoms with Crippen LogP contribution in [-0.4, -0.2) is 43.2 Å². The highest BCUT2D eigenvalue weighted by Gasteiger charge is 2.38. The standard InChI is InChI=1S/C29H28ClN3O5/c1-18-15-27(33(19(2)34)22-11-9-21(30)10-12-22)25-5-3-4-6-26(25)32(18)28(35)20-7-13-23(14-8-20)37-17-24-16-31-29(36)38-24/h3-14,18,24,27H,15-17H2,1-2H3,(H,31,36)/t18-,24?,27+/m0/s1. The number of fused-ring (bicyclic) bond motifs is 1. The van der Waals surface area contributed by atoms with Gasteiger partial charge >= 0.3 is 6.09 Å². The molecule has 0 spiro atoms. The Labute approximate surface area is 226 Å². The zero-order valence-corrected chi connectivity index (χ0v) is 21.9. The predicted molar refractivity (Wildman–Crippen MR) is 145 cm³/mol. The fourth-order valence-electron chi connectivity index (χ4n) is 5.07. The lowest BCUT2D eigenvalue weighted by Gasteiger charge is -2.43. The second-order valence-electron chi connectivity index (χ2n) is 9.44. The molecule has 5 rings (SSSR count). The van der Waals surface area contributed by atoms with Crippen LogP contribution in [0.4, 0.5) is 16.2 Å². The number of hydrogen-bond acceptors (Lipinski definition) is 5. The molecule has 3 atom stereocenters. The molecule has 8 nitrogen and oxygen atoms in total. The molecule has 0 saturated carbocycles. The minimum absolute atomic E-state index is 0.0853. The minimum Gasteiger partial charge on any atom is -0.490 e. The molecule has 38 heavy (non-hydrogen) atoms. The number of cyclic esters (lactones) is 1. The number of anilines is 2. The minimum atomic E-state index is -0.447. The first-order valence-corrected chi connectivity index (χ1v) is 12.8. The van der Waals surface area contributed by atoms with Crippen molar-refractivity contribution < 1.29 is 23.9 Å². The number of nitrogens with one attached hydrogen (secondary N) is 1. The van der Waals surface area contributed by atoms with Gasteiger partial charge in [-0.2, -0.15) is 0 Å². The number of nitrogens with zero attached hydrogens (tertiary/aromatic N) is 2. The molecule has 2 heterocycles. The van der Waals surface area contributed by atoms with Crippen LogP contribution in [0.1, 0.15) is 42.2 Å². The highest BCUT2D eigenvalue weighted by atomic mass is 35.5. The van der Waals surface area contributed by atoms with Gasteiger partial charge < -0.3 is 24.6 Å². The zero-order chi connectivity index (χ0) is 26.8. The van der Waals surface area contributed by atoms with E-state index in [-0.39, 0.29) is 36.6 Å². The van der Waals surface area contributed by atoms with Gasteiger partial charge in [0.05, 0.1) is 12.6 Å². The van der Waals surface area contributed by atoms with Crippen LogP contribution in [0.3, 0.4) is 0 Å². The van der Waals surface area contributed by atoms with Gasteiger partial charge in [-0.15, -0.1) is 0 Å². The van der Waals surface area contributed by atoms with Crippen LogP contribution in [0.25, 0.3) is 0 Å². The Balaban J connectivity index is 1.38. The molecule has 0 aromatic heterocycles. The molecular formula is C29H28ClN3O5. The first-order chi connectivity index (χ1) is 18.3. The van der Waals surface area contributed by atoms with E-state index in [1.165, 1.54) is 0 Å². The molecule has 9 heteroatoms. The second-order valence-corrected chi connectivity index (χ2v) is 9.88. The highest BCUT2D eigenvalue weighted by molar-refractivity contribution is 6.30. The third-order valence-electron chi connectivity index (χ3n) is 6.82. The Kier molecular flexibility index (Phi) is 7.24. The summed E-state index contributed by atoms with van der Waals surface area (Å²) in [5, 5.41) is 3.19. The summed E-state index contributed by atoms with van der Waals surface area (Å²) in [6.07, 6.45) is -0.220. The number of alkyl carbamates (subject to hydrolysis) is 1. The summed E-state index contributed by atoms with van der Waals surface area (Å²) >= 11 is 6.08. The lowest BCUT2D eigenvalue weighted by Crippen LogP contribution is -2.47. The molecule has 1 fully saturated rings. The molecule has 3 amide bonds. The van der Waals surface area contributed by atoms with Crippen molar-refractivity contribution in [1.29, 1.82) is 0 Å². The Bertz CT molecular complexity index is 1350. The number of hydrogen-bond donors (Lipinski definition) is 1. The van der Waals surface area contributed by atoms with Gasteiger partial charge in [0, 0.05) is 34.9 Å². The molecule has 1 unspecified atom stereocenters. The van der Waals surface area contributed by atoms with Gasteiger partial charge in [-0.1, -0.05) is 29.8 Å². The number of carbonyl (C=O) groups excluding carboxylic acids is 3. The van der Waals surface area contributed by atoms with Crippen LogP contribution >= 0.6 is 11.6 Å². The number of ether oxygens (including phenoxy) is 2. The van der Waals surface area contributed by atoms with Crippen molar-refractivity contribution in [2.45, 2.75) is 38.5 Å². The SMILES string of the molecule is CC(=O)N(c1ccc(Cl)cc1)[C@@H]1C[C@H](C)N(C(=O)c2ccc(OCC3CNC(=O)O3)cc2)c2ccccc21. The molecule has 1 saturated heterocycles. The Morgan fingerprint density at radius 2 is 1.79 bits per heavy atom. The molecule has 1 N–H and O–H groups in total. The third-order valence-corrected chi connectivity index (χ3v) is 7.07. The maximum atomic E-state index is 13.7. The topological polar surface area (TPSA) is 88.2 Å². The zero-order valence-electron chi connectivity index (χ0n) is 21.1. The summed E-state index contributed by atoms with van der Waals surface area (Å²) in [6.45, 7) is 4.18. The molecule has 3 aromatic carbocycles. The van der Waals surface area contributed by atoms with E-state index in [0.717, 1.165) is 16.9 Å². The second kappa shape index (κ2) is 10.8. The lowest BCUT2D eigenvalue weighted by atomic mass is 9.89. The predicted octanol–water partition coefficient (Wildman–Crippen LogP) is 5.36. The van der Waals surface area contributed by atoms with Crippen LogP contribution < -0.4 is 19.9 Å². The maximum Gasteiger partial charge on any atom is 0.407 e. The van der Waals surface area contributed by atoms with Gasteiger partial charge in [0.1, 0.15) is 12.4 Å². The number of benzene rings is 3. The van der Waals surface area contributed by atoms with Crippen molar-refractivity contribution in [2.24, 2.45) is 0 Å². The molecule has 2 aliphatic rings. The van der Waals surface area contributed by atoms with Crippen molar-refractivity contribution in [3.63, 3.8) is 0 Å². The molecule has 3 aromatic rings. The van der Waals surface area contributed by atoms with Crippen LogP contribution in [-0.2, 0) is 9.53 Å². The summed E-state index contributed by atoms with van der Waals surface area (Å²) < 4.78 is 10.8. The van der Waals surface area contributed by atoms with Gasteiger partial charge in [-0.25, -0.2) is 4.79 Å². The van der Waals surface area contributed by atoms with E-state index in [0.29, 0.717) is 29.3 Å². The fourth-order valence-corrected chi connectivity index (χ4v) is 5.19. The van der Waals surface area contributed by atoms with E-state index in [2.05, 4.69) is 5.32 Å². The van der Waals surface area contributed by atoms with E-state index in [1.807, 2.05) is 43.3 Å². The van der Waals surface area contributed by atoms with Crippen molar-refractivity contribution in [2.75, 3.05) is 23.0 Å². The van der Waals surface area contributed by atoms with Crippen LogP contribution in [0, 0.1) is 0 Å². The number of carbonyl (C=O) groups is 3. The summed E-state index contributed by atoms with van der Waals surface area (Å²) in [5.41, 5.74) is 2.96. The van der Waals surface area contributed by atoms with Crippen molar-refractivity contribution in [3.8, 4) is 5.75 Å². The number of halogens is 1. The molecular weight excluding hydrogens is 506 g/mol. The van der Waals surface area contributed by atoms with Crippen LogP contribution in [0.15, 0.2) is 72.8 Å². The lowest BCUT2D eigenvalue weighted by molar-refractivity contribution is -0.117. The number of amides is 3. The quantitative estimate of drug-likeness (QED) is 0.461. The number of rotatable bonds is 6. The van der Waals surface area contributed by atoms with Gasteiger partial charge in [-0.05, 0) is 73.5 Å². The van der Waals surface area contributed by atoms with E-state index in [1.54, 1.807) is 53.1 Å². The van der Waals surface area contributed by atoms with Gasteiger partial charge in [0.15, 0.2) is 6.10 Å². The largest absolute Gasteiger partial charge is 0.490 e. The molecule has 0 radical (unpaired) electrons. The van der Waals surface area contributed by atoms with Gasteiger partial charge in [0.25, 0.3) is 5.91 Å². The molecule has 0 bridgehead atoms. The first-order valence-electron chi connectivity index (χ1n) is 12.5. The van der Waals surface area contributed by atoms with E-state index < -0.39 is 6.09 Å². The van der Waals surface area contributed by atoms with Crippen LogP contribution in [0.2, 0.25) is 5.02 Å². The summed E-state index contributed by atoms with van der Waals surface area (Å²) in [6, 6.07) is 21.5. The normalized spacial score (nSPS) is 20.2. The average molecular weight is 534 g/mol. The molecule has 196 valence electrons. The molecule has 2 aliphatic heterocycles. The van der Waals surface area contributed by atoms with Crippen molar-refractivity contribution in [1.82, 2.24) is 5.32 Å². The van der Waals surface area contributed by atoms with E-state index in [4.69, 9.17) is 21.1 Å². The Morgan fingerprint density at radius 1 is 1.08 bits per heavy atom. The first kappa shape index (κ1) is 25.6. The van der Waals surface area contributed by atoms with Gasteiger partial charge in [0.2, 0.25) is 5.91 Å². The summed E-state index contributed by atoms with van der Waals surface area (Å²) in [4.78, 5) is 41.3. The average Bonchev–Trinajstić information content (AvgIpc) is 3.33. The van der Waals surface area contributed by atoms with E-state index in [9.17, 15) is 14.4 Å². The monoisotopic (exact) mass is 533 g/mol. The smallest absolute Gasteiger partial charge is 0.407 e. The van der Waals surface area contributed by atoms with Gasteiger partial charge in [-0.3, -0.25) is 9.59 Å². The van der Waals surface area contributed by atoms with E-state index >= 15 is 0 Å². The van der Waals surface area contributed by atoms with Crippen LogP contribution in [0.5, 0.6) is 5.75 Å². The molecule has 0 aliphatic carbocycles. The third kappa shape index (κ3) is 5.17. The highest BCUT2D eigenvalue weighted by Crippen LogP contribution is 2.43. The number of para-hydroxylation sites is 1. The van der Waals surface area contributed by atoms with Crippen molar-refractivity contribution >= 4 is 40.9 Å². The fraction of sp³-hybridized carbons (Fsp3) is 0.276. The Morgan fingerprint density at radius 3 is 2.45 bits per heavy atom. The van der Waals surface area contributed by atoms with Crippen molar-refractivity contribution in [3.05, 3.63) is 88.9 Å².